The Kier molecular flexibility index (Phi) is 10.8. The fourth-order valence-electron chi connectivity index (χ4n) is 1.31. The lowest BCUT2D eigenvalue weighted by Crippen LogP contribution is -1.84. The summed E-state index contributed by atoms with van der Waals surface area (Å²) < 4.78 is 0. The molecule has 0 aromatic heterocycles. The second kappa shape index (κ2) is 11.8. The average molecular weight is 222 g/mol. The minimum Gasteiger partial charge on any atom is -0.478 e. The van der Waals surface area contributed by atoms with Crippen molar-refractivity contribution in [3.05, 3.63) is 36.5 Å². The van der Waals surface area contributed by atoms with Gasteiger partial charge in [-0.25, -0.2) is 4.79 Å². The molecule has 0 saturated heterocycles. The predicted octanol–water partition coefficient (Wildman–Crippen LogP) is 4.10. The highest BCUT2D eigenvalue weighted by Crippen LogP contribution is 2.05. The summed E-state index contributed by atoms with van der Waals surface area (Å²) in [6.45, 7) is 2.22. The first-order valence-electron chi connectivity index (χ1n) is 6.00. The predicted molar refractivity (Wildman–Crippen MR) is 68.4 cm³/mol. The summed E-state index contributed by atoms with van der Waals surface area (Å²) in [7, 11) is 0. The van der Waals surface area contributed by atoms with Crippen LogP contribution in [-0.2, 0) is 4.79 Å². The number of allylic oxidation sites excluding steroid dienone is 5. The zero-order valence-electron chi connectivity index (χ0n) is 10.1. The second-order valence-corrected chi connectivity index (χ2v) is 3.71. The largest absolute Gasteiger partial charge is 0.478 e. The number of hydrogen-bond donors (Lipinski definition) is 1. The van der Waals surface area contributed by atoms with Gasteiger partial charge in [-0.05, 0) is 12.8 Å². The molecule has 0 spiro atoms. The van der Waals surface area contributed by atoms with E-state index in [2.05, 4.69) is 13.0 Å². The number of hydrogen-bond acceptors (Lipinski definition) is 1. The Morgan fingerprint density at radius 1 is 1.00 bits per heavy atom. The Hall–Kier alpha value is -1.31. The standard InChI is InChI=1S/C14H22O2/c1-2-3-4-5-6-7-8-9-10-11-12-13-14(15)16/h8-13H,2-7H2,1H3,(H,15,16). The SMILES string of the molecule is CCCCCCCC=CC=CC=CC(=O)O. The maximum atomic E-state index is 10.1. The number of carboxylic acids is 1. The molecule has 0 bridgehead atoms. The second-order valence-electron chi connectivity index (χ2n) is 3.71. The van der Waals surface area contributed by atoms with E-state index in [-0.39, 0.29) is 0 Å². The Morgan fingerprint density at radius 2 is 1.69 bits per heavy atom. The third-order valence-corrected chi connectivity index (χ3v) is 2.18. The Labute approximate surface area is 98.4 Å². The third-order valence-electron chi connectivity index (χ3n) is 2.18. The first kappa shape index (κ1) is 14.7. The fraction of sp³-hybridized carbons (Fsp3) is 0.500. The van der Waals surface area contributed by atoms with Crippen LogP contribution in [0.5, 0.6) is 0 Å². The van der Waals surface area contributed by atoms with Crippen LogP contribution in [0.2, 0.25) is 0 Å². The molecule has 1 N–H and O–H groups in total. The van der Waals surface area contributed by atoms with Crippen molar-refractivity contribution >= 4 is 5.97 Å². The number of rotatable bonds is 9. The average Bonchev–Trinajstić information content (AvgIpc) is 2.25. The lowest BCUT2D eigenvalue weighted by atomic mass is 10.1. The Balaban J connectivity index is 3.37. The summed E-state index contributed by atoms with van der Waals surface area (Å²) in [6.07, 6.45) is 17.9. The molecule has 90 valence electrons. The summed E-state index contributed by atoms with van der Waals surface area (Å²) >= 11 is 0. The maximum absolute atomic E-state index is 10.1. The van der Waals surface area contributed by atoms with Crippen molar-refractivity contribution in [3.63, 3.8) is 0 Å². The Bertz CT molecular complexity index is 249. The molecule has 0 saturated carbocycles. The van der Waals surface area contributed by atoms with Gasteiger partial charge in [0.15, 0.2) is 0 Å². The van der Waals surface area contributed by atoms with Crippen molar-refractivity contribution < 1.29 is 9.90 Å². The van der Waals surface area contributed by atoms with E-state index in [0.717, 1.165) is 12.5 Å². The molecular formula is C14H22O2. The monoisotopic (exact) mass is 222 g/mol. The fourth-order valence-corrected chi connectivity index (χ4v) is 1.31. The van der Waals surface area contributed by atoms with Crippen LogP contribution < -0.4 is 0 Å². The number of aliphatic carboxylic acids is 1. The molecule has 0 fully saturated rings. The molecule has 0 atom stereocenters. The molecule has 0 aromatic carbocycles. The van der Waals surface area contributed by atoms with Gasteiger partial charge in [0.1, 0.15) is 0 Å². The van der Waals surface area contributed by atoms with Gasteiger partial charge in [0, 0.05) is 6.08 Å². The molecule has 2 nitrogen and oxygen atoms in total. The van der Waals surface area contributed by atoms with Gasteiger partial charge in [0.25, 0.3) is 0 Å². The van der Waals surface area contributed by atoms with Gasteiger partial charge in [0.2, 0.25) is 0 Å². The first-order valence-corrected chi connectivity index (χ1v) is 6.00. The smallest absolute Gasteiger partial charge is 0.328 e. The topological polar surface area (TPSA) is 37.3 Å². The summed E-state index contributed by atoms with van der Waals surface area (Å²) in [5.41, 5.74) is 0. The molecule has 0 aliphatic rings. The highest BCUT2D eigenvalue weighted by atomic mass is 16.4. The van der Waals surface area contributed by atoms with Crippen molar-refractivity contribution in [1.29, 1.82) is 0 Å². The van der Waals surface area contributed by atoms with Gasteiger partial charge in [-0.3, -0.25) is 0 Å². The zero-order chi connectivity index (χ0) is 12.1. The van der Waals surface area contributed by atoms with Crippen LogP contribution in [0.25, 0.3) is 0 Å². The number of carboxylic acid groups (broad SMARTS) is 1. The molecule has 2 heteroatoms. The van der Waals surface area contributed by atoms with Gasteiger partial charge >= 0.3 is 5.97 Å². The van der Waals surface area contributed by atoms with E-state index < -0.39 is 5.97 Å². The highest BCUT2D eigenvalue weighted by Gasteiger charge is 1.85. The van der Waals surface area contributed by atoms with E-state index in [4.69, 9.17) is 5.11 Å². The molecule has 0 aliphatic carbocycles. The van der Waals surface area contributed by atoms with Gasteiger partial charge in [-0.1, -0.05) is 63.0 Å². The summed E-state index contributed by atoms with van der Waals surface area (Å²) in [6, 6.07) is 0. The van der Waals surface area contributed by atoms with Crippen molar-refractivity contribution in [2.24, 2.45) is 0 Å². The molecule has 0 aromatic rings. The molecular weight excluding hydrogens is 200 g/mol. The molecule has 16 heavy (non-hydrogen) atoms. The van der Waals surface area contributed by atoms with Crippen molar-refractivity contribution in [2.75, 3.05) is 0 Å². The summed E-state index contributed by atoms with van der Waals surface area (Å²) in [5.74, 6) is -0.912. The van der Waals surface area contributed by atoms with Crippen LogP contribution in [0.15, 0.2) is 36.5 Å². The van der Waals surface area contributed by atoms with Crippen molar-refractivity contribution in [2.45, 2.75) is 45.4 Å². The molecule has 0 aliphatic heterocycles. The van der Waals surface area contributed by atoms with Crippen LogP contribution >= 0.6 is 0 Å². The Morgan fingerprint density at radius 3 is 2.38 bits per heavy atom. The van der Waals surface area contributed by atoms with E-state index in [0.29, 0.717) is 0 Å². The molecule has 0 radical (unpaired) electrons. The minimum absolute atomic E-state index is 0.912. The van der Waals surface area contributed by atoms with E-state index in [9.17, 15) is 4.79 Å². The molecule has 0 heterocycles. The van der Waals surface area contributed by atoms with Gasteiger partial charge in [-0.2, -0.15) is 0 Å². The maximum Gasteiger partial charge on any atom is 0.328 e. The van der Waals surface area contributed by atoms with Crippen LogP contribution in [-0.4, -0.2) is 11.1 Å². The highest BCUT2D eigenvalue weighted by molar-refractivity contribution is 5.80. The van der Waals surface area contributed by atoms with Gasteiger partial charge in [0.05, 0.1) is 0 Å². The van der Waals surface area contributed by atoms with Crippen LogP contribution in [0.3, 0.4) is 0 Å². The first-order chi connectivity index (χ1) is 7.77. The molecule has 0 amide bonds. The van der Waals surface area contributed by atoms with E-state index in [1.54, 1.807) is 6.08 Å². The van der Waals surface area contributed by atoms with Crippen LogP contribution in [0.4, 0.5) is 0 Å². The number of unbranched alkanes of at least 4 members (excludes halogenated alkanes) is 5. The van der Waals surface area contributed by atoms with E-state index >= 15 is 0 Å². The molecule has 0 rings (SSSR count). The lowest BCUT2D eigenvalue weighted by Gasteiger charge is -1.95. The van der Waals surface area contributed by atoms with Crippen molar-refractivity contribution in [3.8, 4) is 0 Å². The zero-order valence-corrected chi connectivity index (χ0v) is 10.1. The minimum atomic E-state index is -0.912. The van der Waals surface area contributed by atoms with Gasteiger partial charge in [-0.15, -0.1) is 0 Å². The third kappa shape index (κ3) is 12.7. The summed E-state index contributed by atoms with van der Waals surface area (Å²) in [4.78, 5) is 10.1. The number of carbonyl (C=O) groups is 1. The van der Waals surface area contributed by atoms with Crippen molar-refractivity contribution in [1.82, 2.24) is 0 Å². The van der Waals surface area contributed by atoms with E-state index in [1.807, 2.05) is 12.2 Å². The quantitative estimate of drug-likeness (QED) is 0.362. The van der Waals surface area contributed by atoms with Gasteiger partial charge < -0.3 is 5.11 Å². The van der Waals surface area contributed by atoms with E-state index in [1.165, 1.54) is 38.2 Å². The van der Waals surface area contributed by atoms with Crippen LogP contribution in [0.1, 0.15) is 45.4 Å². The summed E-state index contributed by atoms with van der Waals surface area (Å²) in [5, 5.41) is 8.32. The lowest BCUT2D eigenvalue weighted by molar-refractivity contribution is -0.131. The molecule has 0 unspecified atom stereocenters. The van der Waals surface area contributed by atoms with Crippen LogP contribution in [0, 0.1) is 0 Å². The normalized spacial score (nSPS) is 12.1.